The third-order valence-corrected chi connectivity index (χ3v) is 3.21. The summed E-state index contributed by atoms with van der Waals surface area (Å²) in [5.74, 6) is 0.885. The molecule has 1 saturated heterocycles. The Hall–Kier alpha value is -0.890. The molecule has 0 saturated carbocycles. The summed E-state index contributed by atoms with van der Waals surface area (Å²) in [7, 11) is 0. The topological polar surface area (TPSA) is 16.1 Å². The molecule has 1 atom stereocenters. The third kappa shape index (κ3) is 3.31. The molecule has 15 heavy (non-hydrogen) atoms. The standard InChI is InChI=1S/C13H20N2/c1-12-3-2-9-15(11-12)10-6-13-4-7-14-8-5-13/h4-5,7-8,12H,2-3,6,9-11H2,1H3. The van der Waals surface area contributed by atoms with Crippen LogP contribution in [-0.4, -0.2) is 29.5 Å². The molecule has 2 heteroatoms. The van der Waals surface area contributed by atoms with Crippen molar-refractivity contribution in [2.45, 2.75) is 26.2 Å². The first-order valence-electron chi connectivity index (χ1n) is 5.96. The van der Waals surface area contributed by atoms with E-state index in [0.717, 1.165) is 12.3 Å². The Balaban J connectivity index is 1.78. The van der Waals surface area contributed by atoms with Crippen LogP contribution in [0.4, 0.5) is 0 Å². The molecule has 0 amide bonds. The van der Waals surface area contributed by atoms with E-state index in [0.29, 0.717) is 0 Å². The summed E-state index contributed by atoms with van der Waals surface area (Å²) in [6, 6.07) is 4.24. The second-order valence-corrected chi connectivity index (χ2v) is 4.65. The predicted octanol–water partition coefficient (Wildman–Crippen LogP) is 2.36. The van der Waals surface area contributed by atoms with Crippen LogP contribution < -0.4 is 0 Å². The van der Waals surface area contributed by atoms with Crippen molar-refractivity contribution < 1.29 is 0 Å². The number of rotatable bonds is 3. The smallest absolute Gasteiger partial charge is 0.0270 e. The molecular weight excluding hydrogens is 184 g/mol. The minimum Gasteiger partial charge on any atom is -0.303 e. The van der Waals surface area contributed by atoms with Crippen molar-refractivity contribution >= 4 is 0 Å². The van der Waals surface area contributed by atoms with E-state index >= 15 is 0 Å². The van der Waals surface area contributed by atoms with Gasteiger partial charge in [0.2, 0.25) is 0 Å². The van der Waals surface area contributed by atoms with Crippen molar-refractivity contribution in [1.29, 1.82) is 0 Å². The van der Waals surface area contributed by atoms with E-state index < -0.39 is 0 Å². The van der Waals surface area contributed by atoms with Crippen LogP contribution in [-0.2, 0) is 6.42 Å². The number of pyridine rings is 1. The van der Waals surface area contributed by atoms with Gasteiger partial charge < -0.3 is 4.90 Å². The number of likely N-dealkylation sites (tertiary alicyclic amines) is 1. The lowest BCUT2D eigenvalue weighted by Crippen LogP contribution is -2.35. The van der Waals surface area contributed by atoms with Crippen LogP contribution in [0.5, 0.6) is 0 Å². The highest BCUT2D eigenvalue weighted by molar-refractivity contribution is 5.09. The third-order valence-electron chi connectivity index (χ3n) is 3.21. The average molecular weight is 204 g/mol. The van der Waals surface area contributed by atoms with Crippen molar-refractivity contribution in [1.82, 2.24) is 9.88 Å². The molecule has 2 nitrogen and oxygen atoms in total. The van der Waals surface area contributed by atoms with Gasteiger partial charge in [0.05, 0.1) is 0 Å². The number of nitrogens with zero attached hydrogens (tertiary/aromatic N) is 2. The van der Waals surface area contributed by atoms with Crippen molar-refractivity contribution in [3.05, 3.63) is 30.1 Å². The predicted molar refractivity (Wildman–Crippen MR) is 62.8 cm³/mol. The van der Waals surface area contributed by atoms with Gasteiger partial charge in [0.1, 0.15) is 0 Å². The number of hydrogen-bond acceptors (Lipinski definition) is 2. The molecule has 2 heterocycles. The lowest BCUT2D eigenvalue weighted by molar-refractivity contribution is 0.186. The highest BCUT2D eigenvalue weighted by atomic mass is 15.1. The monoisotopic (exact) mass is 204 g/mol. The maximum absolute atomic E-state index is 4.04. The Kier molecular flexibility index (Phi) is 3.73. The Labute approximate surface area is 92.3 Å². The summed E-state index contributed by atoms with van der Waals surface area (Å²) in [6.07, 6.45) is 7.71. The molecule has 1 aliphatic heterocycles. The number of piperidine rings is 1. The normalized spacial score (nSPS) is 22.9. The zero-order chi connectivity index (χ0) is 10.5. The van der Waals surface area contributed by atoms with Crippen LogP contribution in [0.15, 0.2) is 24.5 Å². The van der Waals surface area contributed by atoms with Crippen molar-refractivity contribution in [2.24, 2.45) is 5.92 Å². The molecule has 82 valence electrons. The molecular formula is C13H20N2. The fourth-order valence-electron chi connectivity index (χ4n) is 2.33. The van der Waals surface area contributed by atoms with Gasteiger partial charge in [0.15, 0.2) is 0 Å². The van der Waals surface area contributed by atoms with Gasteiger partial charge in [0.25, 0.3) is 0 Å². The minimum atomic E-state index is 0.885. The molecule has 1 aliphatic rings. The van der Waals surface area contributed by atoms with E-state index in [2.05, 4.69) is 28.9 Å². The highest BCUT2D eigenvalue weighted by Crippen LogP contribution is 2.15. The molecule has 0 aromatic carbocycles. The maximum Gasteiger partial charge on any atom is 0.0270 e. The van der Waals surface area contributed by atoms with Crippen LogP contribution in [0.2, 0.25) is 0 Å². The first-order chi connectivity index (χ1) is 7.34. The molecule has 1 aromatic heterocycles. The number of aromatic nitrogens is 1. The maximum atomic E-state index is 4.04. The molecule has 2 rings (SSSR count). The lowest BCUT2D eigenvalue weighted by atomic mass is 10.00. The van der Waals surface area contributed by atoms with E-state index in [-0.39, 0.29) is 0 Å². The van der Waals surface area contributed by atoms with Crippen LogP contribution >= 0.6 is 0 Å². The van der Waals surface area contributed by atoms with E-state index in [1.54, 1.807) is 0 Å². The zero-order valence-electron chi connectivity index (χ0n) is 9.52. The van der Waals surface area contributed by atoms with E-state index in [4.69, 9.17) is 0 Å². The quantitative estimate of drug-likeness (QED) is 0.751. The summed E-state index contributed by atoms with van der Waals surface area (Å²) in [6.45, 7) is 6.13. The van der Waals surface area contributed by atoms with Crippen molar-refractivity contribution in [3.8, 4) is 0 Å². The number of hydrogen-bond donors (Lipinski definition) is 0. The summed E-state index contributed by atoms with van der Waals surface area (Å²) in [5.41, 5.74) is 1.41. The second-order valence-electron chi connectivity index (χ2n) is 4.65. The van der Waals surface area contributed by atoms with E-state index in [1.165, 1.54) is 38.0 Å². The summed E-state index contributed by atoms with van der Waals surface area (Å²) >= 11 is 0. The summed E-state index contributed by atoms with van der Waals surface area (Å²) in [5, 5.41) is 0. The Morgan fingerprint density at radius 2 is 2.20 bits per heavy atom. The van der Waals surface area contributed by atoms with Crippen LogP contribution in [0.25, 0.3) is 0 Å². The first kappa shape index (κ1) is 10.6. The molecule has 0 N–H and O–H groups in total. The molecule has 0 aliphatic carbocycles. The van der Waals surface area contributed by atoms with Crippen molar-refractivity contribution in [3.63, 3.8) is 0 Å². The fourth-order valence-corrected chi connectivity index (χ4v) is 2.33. The van der Waals surface area contributed by atoms with Crippen LogP contribution in [0, 0.1) is 5.92 Å². The SMILES string of the molecule is CC1CCCN(CCc2ccncc2)C1. The van der Waals surface area contributed by atoms with Gasteiger partial charge in [-0.3, -0.25) is 4.98 Å². The minimum absolute atomic E-state index is 0.885. The molecule has 0 spiro atoms. The molecule has 0 radical (unpaired) electrons. The van der Waals surface area contributed by atoms with Gasteiger partial charge in [-0.25, -0.2) is 0 Å². The fraction of sp³-hybridized carbons (Fsp3) is 0.615. The van der Waals surface area contributed by atoms with Gasteiger partial charge in [0, 0.05) is 25.5 Å². The van der Waals surface area contributed by atoms with Gasteiger partial charge in [-0.2, -0.15) is 0 Å². The molecule has 1 unspecified atom stereocenters. The van der Waals surface area contributed by atoms with E-state index in [1.807, 2.05) is 12.4 Å². The lowest BCUT2D eigenvalue weighted by Gasteiger charge is -2.30. The second kappa shape index (κ2) is 5.26. The van der Waals surface area contributed by atoms with Gasteiger partial charge >= 0.3 is 0 Å². The Morgan fingerprint density at radius 1 is 1.40 bits per heavy atom. The molecule has 0 bridgehead atoms. The van der Waals surface area contributed by atoms with Gasteiger partial charge in [-0.05, 0) is 49.4 Å². The molecule has 1 aromatic rings. The summed E-state index contributed by atoms with van der Waals surface area (Å²) in [4.78, 5) is 6.63. The van der Waals surface area contributed by atoms with Crippen LogP contribution in [0.3, 0.4) is 0 Å². The first-order valence-corrected chi connectivity index (χ1v) is 5.96. The van der Waals surface area contributed by atoms with Crippen LogP contribution in [0.1, 0.15) is 25.3 Å². The van der Waals surface area contributed by atoms with Gasteiger partial charge in [-0.1, -0.05) is 6.92 Å². The van der Waals surface area contributed by atoms with Crippen molar-refractivity contribution in [2.75, 3.05) is 19.6 Å². The largest absolute Gasteiger partial charge is 0.303 e. The Bertz CT molecular complexity index is 284. The average Bonchev–Trinajstić information content (AvgIpc) is 2.28. The van der Waals surface area contributed by atoms with Gasteiger partial charge in [-0.15, -0.1) is 0 Å². The molecule has 1 fully saturated rings. The Morgan fingerprint density at radius 3 is 2.93 bits per heavy atom. The zero-order valence-corrected chi connectivity index (χ0v) is 9.52. The van der Waals surface area contributed by atoms with E-state index in [9.17, 15) is 0 Å². The highest BCUT2D eigenvalue weighted by Gasteiger charge is 2.15. The summed E-state index contributed by atoms with van der Waals surface area (Å²) < 4.78 is 0.